The molecule has 22 heavy (non-hydrogen) atoms. The Morgan fingerprint density at radius 3 is 1.36 bits per heavy atom. The molecule has 6 nitrogen and oxygen atoms in total. The van der Waals surface area contributed by atoms with Crippen molar-refractivity contribution in [3.8, 4) is 23.0 Å². The molecular weight excluding hydrogens is 288 g/mol. The zero-order valence-corrected chi connectivity index (χ0v) is 11.2. The van der Waals surface area contributed by atoms with E-state index in [4.69, 9.17) is 10.2 Å². The predicted molar refractivity (Wildman–Crippen MR) is 77.3 cm³/mol. The number of aromatic hydroxyl groups is 4. The number of carbonyl (C=O) groups excluding carboxylic acids is 2. The number of phenols is 4. The first-order chi connectivity index (χ1) is 10.4. The van der Waals surface area contributed by atoms with Gasteiger partial charge in [0.05, 0.1) is 11.1 Å². The molecule has 0 unspecified atom stereocenters. The molecule has 0 amide bonds. The van der Waals surface area contributed by atoms with Gasteiger partial charge in [0.1, 0.15) is 23.0 Å². The smallest absolute Gasteiger partial charge is 0.189 e. The second-order valence-corrected chi connectivity index (χ2v) is 4.46. The average molecular weight is 300 g/mol. The molecular formula is C16H12O6. The van der Waals surface area contributed by atoms with Crippen molar-refractivity contribution in [2.75, 3.05) is 0 Å². The first-order valence-corrected chi connectivity index (χ1v) is 6.19. The Labute approximate surface area is 125 Å². The number of ketones is 2. The highest BCUT2D eigenvalue weighted by Gasteiger charge is 2.12. The van der Waals surface area contributed by atoms with Crippen LogP contribution in [0, 0.1) is 0 Å². The van der Waals surface area contributed by atoms with Gasteiger partial charge in [-0.3, -0.25) is 9.59 Å². The van der Waals surface area contributed by atoms with Crippen molar-refractivity contribution in [1.82, 2.24) is 0 Å². The van der Waals surface area contributed by atoms with Crippen LogP contribution in [-0.2, 0) is 0 Å². The van der Waals surface area contributed by atoms with Gasteiger partial charge in [0, 0.05) is 12.1 Å². The van der Waals surface area contributed by atoms with Crippen molar-refractivity contribution in [3.63, 3.8) is 0 Å². The van der Waals surface area contributed by atoms with E-state index in [1.807, 2.05) is 0 Å². The summed E-state index contributed by atoms with van der Waals surface area (Å²) in [7, 11) is 0. The fraction of sp³-hybridized carbons (Fsp3) is 0. The van der Waals surface area contributed by atoms with E-state index >= 15 is 0 Å². The lowest BCUT2D eigenvalue weighted by Crippen LogP contribution is -1.99. The fourth-order valence-corrected chi connectivity index (χ4v) is 1.79. The average Bonchev–Trinajstić information content (AvgIpc) is 2.44. The van der Waals surface area contributed by atoms with E-state index in [1.165, 1.54) is 24.3 Å². The normalized spacial score (nSPS) is 10.7. The molecule has 0 fully saturated rings. The zero-order valence-electron chi connectivity index (χ0n) is 11.2. The third kappa shape index (κ3) is 3.24. The Kier molecular flexibility index (Phi) is 4.13. The third-order valence-electron chi connectivity index (χ3n) is 2.88. The van der Waals surface area contributed by atoms with Gasteiger partial charge >= 0.3 is 0 Å². The summed E-state index contributed by atoms with van der Waals surface area (Å²) in [6.07, 6.45) is 1.89. The van der Waals surface area contributed by atoms with Crippen molar-refractivity contribution in [2.45, 2.75) is 0 Å². The highest BCUT2D eigenvalue weighted by atomic mass is 16.3. The molecule has 2 aromatic rings. The van der Waals surface area contributed by atoms with Crippen LogP contribution in [0.4, 0.5) is 0 Å². The van der Waals surface area contributed by atoms with Crippen LogP contribution < -0.4 is 0 Å². The molecule has 0 bridgehead atoms. The SMILES string of the molecule is O=C(C=CC(=O)c1ccc(O)cc1O)c1ccc(O)cc1O. The minimum atomic E-state index is -0.635. The fourth-order valence-electron chi connectivity index (χ4n) is 1.79. The molecule has 112 valence electrons. The maximum Gasteiger partial charge on any atom is 0.189 e. The van der Waals surface area contributed by atoms with Crippen molar-refractivity contribution < 1.29 is 30.0 Å². The molecule has 0 saturated heterocycles. The lowest BCUT2D eigenvalue weighted by atomic mass is 10.1. The predicted octanol–water partition coefficient (Wildman–Crippen LogP) is 2.13. The summed E-state index contributed by atoms with van der Waals surface area (Å²) >= 11 is 0. The van der Waals surface area contributed by atoms with Gasteiger partial charge in [0.2, 0.25) is 0 Å². The number of phenolic OH excluding ortho intramolecular Hbond substituents is 4. The molecule has 2 rings (SSSR count). The van der Waals surface area contributed by atoms with Crippen molar-refractivity contribution in [3.05, 3.63) is 59.7 Å². The Morgan fingerprint density at radius 1 is 0.682 bits per heavy atom. The first kappa shape index (κ1) is 15.1. The van der Waals surface area contributed by atoms with Gasteiger partial charge in [-0.25, -0.2) is 0 Å². The number of benzene rings is 2. The second kappa shape index (κ2) is 6.01. The van der Waals surface area contributed by atoms with Gasteiger partial charge in [-0.1, -0.05) is 0 Å². The highest BCUT2D eigenvalue weighted by molar-refractivity contribution is 6.13. The van der Waals surface area contributed by atoms with Gasteiger partial charge in [-0.05, 0) is 36.4 Å². The van der Waals surface area contributed by atoms with Crippen LogP contribution in [0.1, 0.15) is 20.7 Å². The number of rotatable bonds is 4. The minimum absolute atomic E-state index is 0.0724. The van der Waals surface area contributed by atoms with Crippen LogP contribution in [0.15, 0.2) is 48.6 Å². The Bertz CT molecular complexity index is 711. The molecule has 0 aliphatic carbocycles. The molecule has 0 atom stereocenters. The van der Waals surface area contributed by atoms with Gasteiger partial charge in [0.25, 0.3) is 0 Å². The van der Waals surface area contributed by atoms with Crippen molar-refractivity contribution in [2.24, 2.45) is 0 Å². The van der Waals surface area contributed by atoms with E-state index in [0.29, 0.717) is 0 Å². The molecule has 4 N–H and O–H groups in total. The number of carbonyl (C=O) groups is 2. The summed E-state index contributed by atoms with van der Waals surface area (Å²) in [5, 5.41) is 37.4. The van der Waals surface area contributed by atoms with Gasteiger partial charge in [-0.15, -0.1) is 0 Å². The van der Waals surface area contributed by atoms with E-state index in [1.54, 1.807) is 0 Å². The van der Waals surface area contributed by atoms with Crippen LogP contribution in [-0.4, -0.2) is 32.0 Å². The van der Waals surface area contributed by atoms with E-state index < -0.39 is 23.1 Å². The highest BCUT2D eigenvalue weighted by Crippen LogP contribution is 2.24. The van der Waals surface area contributed by atoms with Gasteiger partial charge in [0.15, 0.2) is 11.6 Å². The van der Waals surface area contributed by atoms with E-state index in [9.17, 15) is 19.8 Å². The molecule has 0 aliphatic heterocycles. The Balaban J connectivity index is 2.20. The first-order valence-electron chi connectivity index (χ1n) is 6.19. The molecule has 6 heteroatoms. The van der Waals surface area contributed by atoms with E-state index in [0.717, 1.165) is 24.3 Å². The summed E-state index contributed by atoms with van der Waals surface area (Å²) in [6.45, 7) is 0. The van der Waals surface area contributed by atoms with Crippen LogP contribution in [0.25, 0.3) is 0 Å². The Hall–Kier alpha value is -3.28. The quantitative estimate of drug-likeness (QED) is 0.508. The van der Waals surface area contributed by atoms with Crippen LogP contribution in [0.5, 0.6) is 23.0 Å². The standard InChI is InChI=1S/C16H12O6/c17-9-1-3-11(15(21)7-9)13(19)5-6-14(20)12-4-2-10(18)8-16(12)22/h1-8,17-18,21-22H. The maximum atomic E-state index is 11.9. The molecule has 0 spiro atoms. The molecule has 0 aliphatic rings. The third-order valence-corrected chi connectivity index (χ3v) is 2.88. The summed E-state index contributed by atoms with van der Waals surface area (Å²) in [6, 6.07) is 6.92. The van der Waals surface area contributed by atoms with E-state index in [-0.39, 0.29) is 22.6 Å². The largest absolute Gasteiger partial charge is 0.508 e. The van der Waals surface area contributed by atoms with Crippen molar-refractivity contribution in [1.29, 1.82) is 0 Å². The number of hydrogen-bond donors (Lipinski definition) is 4. The van der Waals surface area contributed by atoms with Gasteiger partial charge < -0.3 is 20.4 Å². The van der Waals surface area contributed by atoms with Crippen LogP contribution in [0.2, 0.25) is 0 Å². The number of hydrogen-bond acceptors (Lipinski definition) is 6. The van der Waals surface area contributed by atoms with Gasteiger partial charge in [-0.2, -0.15) is 0 Å². The molecule has 2 aromatic carbocycles. The molecule has 0 radical (unpaired) electrons. The Morgan fingerprint density at radius 2 is 1.05 bits per heavy atom. The van der Waals surface area contributed by atoms with E-state index in [2.05, 4.69) is 0 Å². The van der Waals surface area contributed by atoms with Crippen LogP contribution in [0.3, 0.4) is 0 Å². The van der Waals surface area contributed by atoms with Crippen LogP contribution >= 0.6 is 0 Å². The lowest BCUT2D eigenvalue weighted by Gasteiger charge is -2.02. The summed E-state index contributed by atoms with van der Waals surface area (Å²) in [5.74, 6) is -2.47. The summed E-state index contributed by atoms with van der Waals surface area (Å²) < 4.78 is 0. The monoisotopic (exact) mass is 300 g/mol. The second-order valence-electron chi connectivity index (χ2n) is 4.46. The number of allylic oxidation sites excluding steroid dienone is 2. The summed E-state index contributed by atoms with van der Waals surface area (Å²) in [5.41, 5.74) is -0.145. The maximum absolute atomic E-state index is 11.9. The molecule has 0 heterocycles. The topological polar surface area (TPSA) is 115 Å². The molecule has 0 saturated carbocycles. The van der Waals surface area contributed by atoms with Crippen molar-refractivity contribution >= 4 is 11.6 Å². The lowest BCUT2D eigenvalue weighted by molar-refractivity contribution is 0.101. The summed E-state index contributed by atoms with van der Waals surface area (Å²) in [4.78, 5) is 23.7. The molecule has 0 aromatic heterocycles. The zero-order chi connectivity index (χ0) is 16.3. The minimum Gasteiger partial charge on any atom is -0.508 e.